The average Bonchev–Trinajstić information content (AvgIpc) is 3.29. The first-order valence-electron chi connectivity index (χ1n) is 10.8. The summed E-state index contributed by atoms with van der Waals surface area (Å²) in [5, 5.41) is 2.78. The first-order chi connectivity index (χ1) is 16.2. The number of hydrogen-bond acceptors (Lipinski definition) is 2. The minimum atomic E-state index is -4.52. The van der Waals surface area contributed by atoms with Crippen LogP contribution in [0.1, 0.15) is 33.0 Å². The monoisotopic (exact) mass is 470 g/mol. The molecule has 3 aromatic carbocycles. The van der Waals surface area contributed by atoms with Crippen LogP contribution in [0.5, 0.6) is 0 Å². The van der Waals surface area contributed by atoms with E-state index in [1.54, 1.807) is 48.5 Å². The minimum Gasteiger partial charge on any atom is -0.352 e. The van der Waals surface area contributed by atoms with Gasteiger partial charge in [0, 0.05) is 31.1 Å². The van der Waals surface area contributed by atoms with Crippen molar-refractivity contribution >= 4 is 11.8 Å². The van der Waals surface area contributed by atoms with Gasteiger partial charge in [-0.3, -0.25) is 9.59 Å². The third-order valence-corrected chi connectivity index (χ3v) is 5.99. The first kappa shape index (κ1) is 23.5. The van der Waals surface area contributed by atoms with Gasteiger partial charge in [0.25, 0.3) is 5.91 Å². The van der Waals surface area contributed by atoms with Crippen molar-refractivity contribution in [2.24, 2.45) is 5.92 Å². The van der Waals surface area contributed by atoms with Gasteiger partial charge < -0.3 is 10.2 Å². The van der Waals surface area contributed by atoms with Gasteiger partial charge in [-0.05, 0) is 41.5 Å². The van der Waals surface area contributed by atoms with E-state index in [1.807, 2.05) is 0 Å². The van der Waals surface area contributed by atoms with E-state index in [0.29, 0.717) is 16.7 Å². The highest BCUT2D eigenvalue weighted by Gasteiger charge is 2.41. The maximum absolute atomic E-state index is 13.3. The van der Waals surface area contributed by atoms with Crippen LogP contribution in [-0.2, 0) is 17.5 Å². The zero-order chi connectivity index (χ0) is 24.3. The number of halogens is 4. The summed E-state index contributed by atoms with van der Waals surface area (Å²) >= 11 is 0. The van der Waals surface area contributed by atoms with Gasteiger partial charge in [0.2, 0.25) is 5.91 Å². The van der Waals surface area contributed by atoms with E-state index < -0.39 is 29.4 Å². The molecule has 1 fully saturated rings. The molecule has 0 aliphatic carbocycles. The van der Waals surface area contributed by atoms with E-state index in [9.17, 15) is 27.2 Å². The molecule has 4 nitrogen and oxygen atoms in total. The molecule has 0 aromatic heterocycles. The molecule has 0 radical (unpaired) electrons. The van der Waals surface area contributed by atoms with E-state index in [2.05, 4.69) is 5.32 Å². The smallest absolute Gasteiger partial charge is 0.352 e. The molecule has 1 heterocycles. The molecule has 1 N–H and O–H groups in total. The van der Waals surface area contributed by atoms with E-state index in [4.69, 9.17) is 0 Å². The second-order valence-electron chi connectivity index (χ2n) is 8.26. The van der Waals surface area contributed by atoms with Gasteiger partial charge >= 0.3 is 6.18 Å². The highest BCUT2D eigenvalue weighted by Crippen LogP contribution is 2.37. The van der Waals surface area contributed by atoms with Crippen LogP contribution in [0.2, 0.25) is 0 Å². The zero-order valence-corrected chi connectivity index (χ0v) is 18.1. The lowest BCUT2D eigenvalue weighted by Crippen LogP contribution is -2.35. The summed E-state index contributed by atoms with van der Waals surface area (Å²) in [6, 6.07) is 19.1. The number of amides is 2. The van der Waals surface area contributed by atoms with Crippen LogP contribution >= 0.6 is 0 Å². The Bertz CT molecular complexity index is 1160. The Morgan fingerprint density at radius 1 is 0.912 bits per heavy atom. The first-order valence-corrected chi connectivity index (χ1v) is 10.8. The van der Waals surface area contributed by atoms with Crippen LogP contribution in [-0.4, -0.2) is 29.8 Å². The summed E-state index contributed by atoms with van der Waals surface area (Å²) in [5.74, 6) is -2.41. The van der Waals surface area contributed by atoms with Gasteiger partial charge in [0.1, 0.15) is 5.82 Å². The third-order valence-electron chi connectivity index (χ3n) is 5.99. The van der Waals surface area contributed by atoms with Gasteiger partial charge in [-0.2, -0.15) is 13.2 Å². The van der Waals surface area contributed by atoms with Crippen molar-refractivity contribution in [1.29, 1.82) is 0 Å². The van der Waals surface area contributed by atoms with Crippen molar-refractivity contribution in [3.05, 3.63) is 107 Å². The number of benzene rings is 3. The highest BCUT2D eigenvalue weighted by atomic mass is 19.4. The second kappa shape index (κ2) is 9.67. The van der Waals surface area contributed by atoms with Crippen molar-refractivity contribution in [3.63, 3.8) is 0 Å². The normalized spacial score (nSPS) is 18.1. The molecule has 34 heavy (non-hydrogen) atoms. The fourth-order valence-corrected chi connectivity index (χ4v) is 4.20. The highest BCUT2D eigenvalue weighted by molar-refractivity contribution is 5.95. The maximum atomic E-state index is 13.3. The van der Waals surface area contributed by atoms with Crippen molar-refractivity contribution in [1.82, 2.24) is 10.2 Å². The summed E-state index contributed by atoms with van der Waals surface area (Å²) in [5.41, 5.74) is 0.668. The molecular weight excluding hydrogens is 448 g/mol. The van der Waals surface area contributed by atoms with Crippen LogP contribution in [0.25, 0.3) is 0 Å². The van der Waals surface area contributed by atoms with Crippen LogP contribution in [0.4, 0.5) is 17.6 Å². The SMILES string of the molecule is O=C(NCc1ccc(F)cc1)C1CN(C(=O)c2ccccc2)CC1c1cccc(C(F)(F)F)c1. The standard InChI is InChI=1S/C26H22F4N2O2/c27-21-11-9-17(10-12-21)14-31-24(33)23-16-32(25(34)18-5-2-1-3-6-18)15-22(23)19-7-4-8-20(13-19)26(28,29)30/h1-13,22-23H,14-16H2,(H,31,33). The van der Waals surface area contributed by atoms with Gasteiger partial charge in [0.15, 0.2) is 0 Å². The molecule has 8 heteroatoms. The van der Waals surface area contributed by atoms with Crippen molar-refractivity contribution in [3.8, 4) is 0 Å². The molecular formula is C26H22F4N2O2. The summed E-state index contributed by atoms with van der Waals surface area (Å²) in [4.78, 5) is 27.6. The average molecular weight is 470 g/mol. The molecule has 2 amide bonds. The number of hydrogen-bond donors (Lipinski definition) is 1. The van der Waals surface area contributed by atoms with E-state index >= 15 is 0 Å². The Kier molecular flexibility index (Phi) is 6.68. The summed E-state index contributed by atoms with van der Waals surface area (Å²) in [6.45, 7) is 0.325. The number of nitrogens with one attached hydrogen (secondary N) is 1. The number of carbonyl (C=O) groups excluding carboxylic acids is 2. The van der Waals surface area contributed by atoms with Gasteiger partial charge in [-0.15, -0.1) is 0 Å². The lowest BCUT2D eigenvalue weighted by atomic mass is 9.87. The molecule has 1 aliphatic heterocycles. The topological polar surface area (TPSA) is 49.4 Å². The third kappa shape index (κ3) is 5.27. The molecule has 176 valence electrons. The minimum absolute atomic E-state index is 0.0733. The fraction of sp³-hybridized carbons (Fsp3) is 0.231. The van der Waals surface area contributed by atoms with E-state index in [-0.39, 0.29) is 31.4 Å². The Labute approximate surface area is 194 Å². The Morgan fingerprint density at radius 3 is 2.29 bits per heavy atom. The van der Waals surface area contributed by atoms with Crippen LogP contribution in [0, 0.1) is 11.7 Å². The molecule has 4 rings (SSSR count). The molecule has 0 saturated carbocycles. The molecule has 2 unspecified atom stereocenters. The lowest BCUT2D eigenvalue weighted by Gasteiger charge is -2.19. The largest absolute Gasteiger partial charge is 0.416 e. The quantitative estimate of drug-likeness (QED) is 0.533. The molecule has 3 aromatic rings. The Morgan fingerprint density at radius 2 is 1.62 bits per heavy atom. The number of rotatable bonds is 5. The predicted octanol–water partition coefficient (Wildman–Crippen LogP) is 5.02. The lowest BCUT2D eigenvalue weighted by molar-refractivity contribution is -0.137. The van der Waals surface area contributed by atoms with E-state index in [0.717, 1.165) is 12.1 Å². The zero-order valence-electron chi connectivity index (χ0n) is 18.1. The predicted molar refractivity (Wildman–Crippen MR) is 118 cm³/mol. The number of carbonyl (C=O) groups is 2. The number of alkyl halides is 3. The molecule has 0 bridgehead atoms. The van der Waals surface area contributed by atoms with Crippen LogP contribution in [0.15, 0.2) is 78.9 Å². The molecule has 2 atom stereocenters. The van der Waals surface area contributed by atoms with Crippen molar-refractivity contribution in [2.75, 3.05) is 13.1 Å². The summed E-state index contributed by atoms with van der Waals surface area (Å²) in [7, 11) is 0. The summed E-state index contributed by atoms with van der Waals surface area (Å²) < 4.78 is 53.0. The fourth-order valence-electron chi connectivity index (χ4n) is 4.20. The Hall–Kier alpha value is -3.68. The summed E-state index contributed by atoms with van der Waals surface area (Å²) in [6.07, 6.45) is -4.52. The molecule has 0 spiro atoms. The molecule has 1 aliphatic rings. The van der Waals surface area contributed by atoms with Gasteiger partial charge in [-0.25, -0.2) is 4.39 Å². The number of likely N-dealkylation sites (tertiary alicyclic amines) is 1. The van der Waals surface area contributed by atoms with Crippen LogP contribution in [0.3, 0.4) is 0 Å². The van der Waals surface area contributed by atoms with Crippen LogP contribution < -0.4 is 5.32 Å². The van der Waals surface area contributed by atoms with Gasteiger partial charge in [0.05, 0.1) is 11.5 Å². The number of nitrogens with zero attached hydrogens (tertiary/aromatic N) is 1. The molecule has 1 saturated heterocycles. The second-order valence-corrected chi connectivity index (χ2v) is 8.26. The van der Waals surface area contributed by atoms with Gasteiger partial charge in [-0.1, -0.05) is 48.5 Å². The maximum Gasteiger partial charge on any atom is 0.416 e. The van der Waals surface area contributed by atoms with Crippen molar-refractivity contribution < 1.29 is 27.2 Å². The Balaban J connectivity index is 1.58. The van der Waals surface area contributed by atoms with Crippen molar-refractivity contribution in [2.45, 2.75) is 18.6 Å². The van der Waals surface area contributed by atoms with E-state index in [1.165, 1.54) is 23.1 Å².